The molecular formula is C15H14BrFO2. The first kappa shape index (κ1) is 13.9. The van der Waals surface area contributed by atoms with Gasteiger partial charge >= 0.3 is 0 Å². The Hall–Kier alpha value is -1.55. The zero-order valence-corrected chi connectivity index (χ0v) is 12.3. The molecule has 0 saturated heterocycles. The second-order valence-corrected chi connectivity index (χ2v) is 4.94. The molecule has 0 bridgehead atoms. The standard InChI is InChI=1S/C15H14BrFO2/c1-18-12-6-3-10(4-7-12)15(16)13-9-11(17)5-8-14(13)19-2/h3-9,15H,1-2H3. The molecule has 0 aliphatic heterocycles. The van der Waals surface area contributed by atoms with Gasteiger partial charge in [-0.05, 0) is 35.9 Å². The molecule has 100 valence electrons. The van der Waals surface area contributed by atoms with Crippen LogP contribution in [0.4, 0.5) is 4.39 Å². The summed E-state index contributed by atoms with van der Waals surface area (Å²) in [4.78, 5) is -0.135. The molecule has 0 aliphatic carbocycles. The number of hydrogen-bond acceptors (Lipinski definition) is 2. The van der Waals surface area contributed by atoms with Crippen LogP contribution in [0.2, 0.25) is 0 Å². The quantitative estimate of drug-likeness (QED) is 0.779. The minimum atomic E-state index is -0.284. The van der Waals surface area contributed by atoms with Crippen molar-refractivity contribution in [3.05, 3.63) is 59.4 Å². The Morgan fingerprint density at radius 2 is 1.68 bits per heavy atom. The Morgan fingerprint density at radius 1 is 1.00 bits per heavy atom. The van der Waals surface area contributed by atoms with Crippen LogP contribution in [-0.4, -0.2) is 14.2 Å². The number of rotatable bonds is 4. The van der Waals surface area contributed by atoms with E-state index in [-0.39, 0.29) is 10.6 Å². The molecule has 0 heterocycles. The number of ether oxygens (including phenoxy) is 2. The third-order valence-corrected chi connectivity index (χ3v) is 3.90. The SMILES string of the molecule is COc1ccc(C(Br)c2cc(F)ccc2OC)cc1. The molecule has 0 aromatic heterocycles. The molecule has 0 amide bonds. The summed E-state index contributed by atoms with van der Waals surface area (Å²) < 4.78 is 23.8. The van der Waals surface area contributed by atoms with Crippen LogP contribution in [0.25, 0.3) is 0 Å². The van der Waals surface area contributed by atoms with Crippen LogP contribution >= 0.6 is 15.9 Å². The molecule has 2 nitrogen and oxygen atoms in total. The number of hydrogen-bond donors (Lipinski definition) is 0. The van der Waals surface area contributed by atoms with Crippen molar-refractivity contribution in [2.75, 3.05) is 14.2 Å². The molecular weight excluding hydrogens is 311 g/mol. The predicted molar refractivity (Wildman–Crippen MR) is 76.7 cm³/mol. The second-order valence-electron chi connectivity index (χ2n) is 4.02. The first-order valence-corrected chi connectivity index (χ1v) is 6.68. The van der Waals surface area contributed by atoms with Crippen molar-refractivity contribution in [3.8, 4) is 11.5 Å². The maximum absolute atomic E-state index is 13.4. The Balaban J connectivity index is 2.36. The minimum Gasteiger partial charge on any atom is -0.497 e. The van der Waals surface area contributed by atoms with E-state index in [0.29, 0.717) is 5.75 Å². The summed E-state index contributed by atoms with van der Waals surface area (Å²) in [5.41, 5.74) is 1.76. The zero-order chi connectivity index (χ0) is 13.8. The molecule has 2 aromatic rings. The molecule has 1 unspecified atom stereocenters. The predicted octanol–water partition coefficient (Wildman–Crippen LogP) is 4.33. The van der Waals surface area contributed by atoms with Gasteiger partial charge in [-0.25, -0.2) is 4.39 Å². The van der Waals surface area contributed by atoms with Gasteiger partial charge < -0.3 is 9.47 Å². The Labute approximate surface area is 120 Å². The van der Waals surface area contributed by atoms with Gasteiger partial charge in [-0.2, -0.15) is 0 Å². The minimum absolute atomic E-state index is 0.135. The Kier molecular flexibility index (Phi) is 4.43. The zero-order valence-electron chi connectivity index (χ0n) is 10.7. The van der Waals surface area contributed by atoms with Gasteiger partial charge in [-0.3, -0.25) is 0 Å². The molecule has 2 aromatic carbocycles. The third-order valence-electron chi connectivity index (χ3n) is 2.87. The van der Waals surface area contributed by atoms with E-state index in [2.05, 4.69) is 15.9 Å². The molecule has 0 radical (unpaired) electrons. The Bertz CT molecular complexity index is 555. The van der Waals surface area contributed by atoms with Gasteiger partial charge in [0.2, 0.25) is 0 Å². The average Bonchev–Trinajstić information content (AvgIpc) is 2.46. The summed E-state index contributed by atoms with van der Waals surface area (Å²) in [6, 6.07) is 12.1. The number of benzene rings is 2. The van der Waals surface area contributed by atoms with E-state index in [1.54, 1.807) is 20.3 Å². The molecule has 0 fully saturated rings. The maximum Gasteiger partial charge on any atom is 0.123 e. The summed E-state index contributed by atoms with van der Waals surface area (Å²) in [6.07, 6.45) is 0. The van der Waals surface area contributed by atoms with E-state index < -0.39 is 0 Å². The number of alkyl halides is 1. The lowest BCUT2D eigenvalue weighted by atomic mass is 10.0. The van der Waals surface area contributed by atoms with Crippen LogP contribution in [0, 0.1) is 5.82 Å². The van der Waals surface area contributed by atoms with Gasteiger partial charge in [0.25, 0.3) is 0 Å². The largest absolute Gasteiger partial charge is 0.497 e. The first-order chi connectivity index (χ1) is 9.15. The topological polar surface area (TPSA) is 18.5 Å². The van der Waals surface area contributed by atoms with Gasteiger partial charge in [0, 0.05) is 5.56 Å². The van der Waals surface area contributed by atoms with Gasteiger partial charge in [0.05, 0.1) is 19.0 Å². The van der Waals surface area contributed by atoms with Gasteiger partial charge in [-0.15, -0.1) is 0 Å². The highest BCUT2D eigenvalue weighted by Gasteiger charge is 2.16. The lowest BCUT2D eigenvalue weighted by molar-refractivity contribution is 0.409. The lowest BCUT2D eigenvalue weighted by Crippen LogP contribution is -1.98. The van der Waals surface area contributed by atoms with Crippen LogP contribution in [0.3, 0.4) is 0 Å². The normalized spacial score (nSPS) is 12.0. The van der Waals surface area contributed by atoms with E-state index in [4.69, 9.17) is 9.47 Å². The van der Waals surface area contributed by atoms with Crippen molar-refractivity contribution in [3.63, 3.8) is 0 Å². The van der Waals surface area contributed by atoms with E-state index >= 15 is 0 Å². The van der Waals surface area contributed by atoms with Crippen LogP contribution in [0.5, 0.6) is 11.5 Å². The molecule has 0 saturated carbocycles. The molecule has 19 heavy (non-hydrogen) atoms. The van der Waals surface area contributed by atoms with Crippen LogP contribution in [-0.2, 0) is 0 Å². The molecule has 1 atom stereocenters. The molecule has 4 heteroatoms. The Morgan fingerprint density at radius 3 is 2.26 bits per heavy atom. The second kappa shape index (κ2) is 6.06. The van der Waals surface area contributed by atoms with Crippen LogP contribution in [0.15, 0.2) is 42.5 Å². The van der Waals surface area contributed by atoms with Gasteiger partial charge in [0.1, 0.15) is 17.3 Å². The van der Waals surface area contributed by atoms with E-state index in [1.807, 2.05) is 24.3 Å². The fourth-order valence-corrected chi connectivity index (χ4v) is 2.52. The van der Waals surface area contributed by atoms with Crippen molar-refractivity contribution in [1.82, 2.24) is 0 Å². The van der Waals surface area contributed by atoms with Crippen molar-refractivity contribution >= 4 is 15.9 Å². The fourth-order valence-electron chi connectivity index (χ4n) is 1.86. The third kappa shape index (κ3) is 3.07. The van der Waals surface area contributed by atoms with Crippen LogP contribution in [0.1, 0.15) is 16.0 Å². The van der Waals surface area contributed by atoms with E-state index in [0.717, 1.165) is 16.9 Å². The van der Waals surface area contributed by atoms with Crippen molar-refractivity contribution in [2.24, 2.45) is 0 Å². The monoisotopic (exact) mass is 324 g/mol. The molecule has 2 rings (SSSR count). The first-order valence-electron chi connectivity index (χ1n) is 5.77. The highest BCUT2D eigenvalue weighted by Crippen LogP contribution is 2.37. The summed E-state index contributed by atoms with van der Waals surface area (Å²) in [5.74, 6) is 1.16. The number of halogens is 2. The maximum atomic E-state index is 13.4. The van der Waals surface area contributed by atoms with Crippen molar-refractivity contribution in [1.29, 1.82) is 0 Å². The summed E-state index contributed by atoms with van der Waals surface area (Å²) in [5, 5.41) is 0. The molecule has 0 spiro atoms. The summed E-state index contributed by atoms with van der Waals surface area (Å²) in [6.45, 7) is 0. The highest BCUT2D eigenvalue weighted by atomic mass is 79.9. The van der Waals surface area contributed by atoms with E-state index in [9.17, 15) is 4.39 Å². The number of methoxy groups -OCH3 is 2. The van der Waals surface area contributed by atoms with Gasteiger partial charge in [0.15, 0.2) is 0 Å². The molecule has 0 aliphatic rings. The van der Waals surface area contributed by atoms with E-state index in [1.165, 1.54) is 12.1 Å². The van der Waals surface area contributed by atoms with Gasteiger partial charge in [-0.1, -0.05) is 28.1 Å². The van der Waals surface area contributed by atoms with Crippen molar-refractivity contribution < 1.29 is 13.9 Å². The average molecular weight is 325 g/mol. The smallest absolute Gasteiger partial charge is 0.123 e. The highest BCUT2D eigenvalue weighted by molar-refractivity contribution is 9.09. The summed E-state index contributed by atoms with van der Waals surface area (Å²) >= 11 is 3.58. The van der Waals surface area contributed by atoms with Crippen molar-refractivity contribution in [2.45, 2.75) is 4.83 Å². The summed E-state index contributed by atoms with van der Waals surface area (Å²) in [7, 11) is 3.20. The fraction of sp³-hybridized carbons (Fsp3) is 0.200. The molecule has 0 N–H and O–H groups in total. The van der Waals surface area contributed by atoms with Crippen LogP contribution < -0.4 is 9.47 Å². The lowest BCUT2D eigenvalue weighted by Gasteiger charge is -2.15.